The summed E-state index contributed by atoms with van der Waals surface area (Å²) in [5, 5.41) is 5.32. The molecular formula is C29H30N4O5S. The van der Waals surface area contributed by atoms with Crippen molar-refractivity contribution in [2.45, 2.75) is 58.3 Å². The van der Waals surface area contributed by atoms with E-state index < -0.39 is 27.4 Å². The molecule has 0 fully saturated rings. The lowest BCUT2D eigenvalue weighted by molar-refractivity contribution is -0.118. The quantitative estimate of drug-likeness (QED) is 0.523. The van der Waals surface area contributed by atoms with Crippen LogP contribution in [0, 0.1) is 19.3 Å². The van der Waals surface area contributed by atoms with E-state index in [9.17, 15) is 22.8 Å². The van der Waals surface area contributed by atoms with E-state index in [0.717, 1.165) is 15.7 Å². The molecule has 0 radical (unpaired) electrons. The van der Waals surface area contributed by atoms with Crippen molar-refractivity contribution in [2.75, 3.05) is 4.90 Å². The van der Waals surface area contributed by atoms with E-state index in [1.807, 2.05) is 45.0 Å². The fourth-order valence-electron chi connectivity index (χ4n) is 5.68. The van der Waals surface area contributed by atoms with Crippen LogP contribution in [0.2, 0.25) is 0 Å². The molecular weight excluding hydrogens is 516 g/mol. The molecule has 39 heavy (non-hydrogen) atoms. The highest BCUT2D eigenvalue weighted by Crippen LogP contribution is 2.52. The van der Waals surface area contributed by atoms with E-state index in [-0.39, 0.29) is 27.5 Å². The maximum absolute atomic E-state index is 14.0. The highest BCUT2D eigenvalue weighted by atomic mass is 32.2. The zero-order valence-corrected chi connectivity index (χ0v) is 23.3. The molecule has 0 saturated heterocycles. The van der Waals surface area contributed by atoms with Crippen molar-refractivity contribution in [1.82, 2.24) is 9.55 Å². The van der Waals surface area contributed by atoms with E-state index in [2.05, 4.69) is 0 Å². The number of anilines is 2. The molecule has 2 aliphatic rings. The van der Waals surface area contributed by atoms with Crippen LogP contribution >= 0.6 is 0 Å². The monoisotopic (exact) mass is 546 g/mol. The summed E-state index contributed by atoms with van der Waals surface area (Å²) in [6, 6.07) is 13.6. The van der Waals surface area contributed by atoms with Crippen molar-refractivity contribution < 1.29 is 18.0 Å². The number of nitrogens with zero attached hydrogens (tertiary/aromatic N) is 3. The molecule has 1 aliphatic carbocycles. The largest absolute Gasteiger partial charge is 0.298 e. The number of carbonyl (C=O) groups is 2. The van der Waals surface area contributed by atoms with Crippen LogP contribution in [-0.2, 0) is 14.8 Å². The Morgan fingerprint density at radius 3 is 2.18 bits per heavy atom. The fourth-order valence-corrected chi connectivity index (χ4v) is 6.19. The summed E-state index contributed by atoms with van der Waals surface area (Å²) in [5.41, 5.74) is 2.81. The lowest BCUT2D eigenvalue weighted by Gasteiger charge is -2.44. The van der Waals surface area contributed by atoms with E-state index in [4.69, 9.17) is 10.1 Å². The number of fused-ring (bicyclic) bond motifs is 1. The van der Waals surface area contributed by atoms with Crippen LogP contribution in [0.4, 0.5) is 11.5 Å². The van der Waals surface area contributed by atoms with Gasteiger partial charge in [-0.1, -0.05) is 43.7 Å². The predicted octanol–water partition coefficient (Wildman–Crippen LogP) is 4.09. The normalized spacial score (nSPS) is 18.6. The molecule has 0 saturated carbocycles. The summed E-state index contributed by atoms with van der Waals surface area (Å²) in [5.74, 6) is -0.752. The van der Waals surface area contributed by atoms with Gasteiger partial charge in [0.1, 0.15) is 11.6 Å². The second-order valence-corrected chi connectivity index (χ2v) is 12.6. The number of Topliss-reactive ketones (excluding diaryl/α,β-unsaturated/α-hetero) is 1. The molecule has 1 unspecified atom stereocenters. The standard InChI is InChI=1S/C29H30N4O5S/c1-16-6-8-19(9-7-16)24-25-22(14-29(4,5)15-23(25)35)33(20-10-12-21(13-11-20)39(30,37)38)27-26(24)28(36)32(18(3)34)17(2)31-27/h6-13,24H,14-15H2,1-5H3,(H2,30,37,38). The van der Waals surface area contributed by atoms with E-state index in [1.165, 1.54) is 19.1 Å². The van der Waals surface area contributed by atoms with Crippen LogP contribution in [0.25, 0.3) is 0 Å². The van der Waals surface area contributed by atoms with Gasteiger partial charge in [-0.25, -0.2) is 23.1 Å². The fraction of sp³-hybridized carbons (Fsp3) is 0.310. The lowest BCUT2D eigenvalue weighted by Crippen LogP contribution is -2.43. The number of nitrogens with two attached hydrogens (primary N) is 1. The van der Waals surface area contributed by atoms with Gasteiger partial charge in [-0.05, 0) is 55.5 Å². The maximum atomic E-state index is 14.0. The summed E-state index contributed by atoms with van der Waals surface area (Å²) in [4.78, 5) is 46.9. The zero-order chi connectivity index (χ0) is 28.4. The summed E-state index contributed by atoms with van der Waals surface area (Å²) in [6.07, 6.45) is 0.811. The van der Waals surface area contributed by atoms with Crippen molar-refractivity contribution >= 4 is 33.2 Å². The first kappa shape index (κ1) is 26.7. The summed E-state index contributed by atoms with van der Waals surface area (Å²) >= 11 is 0. The summed E-state index contributed by atoms with van der Waals surface area (Å²) in [7, 11) is -3.93. The number of benzene rings is 2. The predicted molar refractivity (Wildman–Crippen MR) is 148 cm³/mol. The third-order valence-corrected chi connectivity index (χ3v) is 8.30. The van der Waals surface area contributed by atoms with Gasteiger partial charge >= 0.3 is 0 Å². The molecule has 0 bridgehead atoms. The molecule has 3 aromatic rings. The number of aryl methyl sites for hydroxylation is 2. The molecule has 1 aliphatic heterocycles. The van der Waals surface area contributed by atoms with Gasteiger partial charge in [0.25, 0.3) is 5.56 Å². The molecule has 1 aromatic heterocycles. The number of allylic oxidation sites excluding steroid dienone is 2. The lowest BCUT2D eigenvalue weighted by atomic mass is 9.68. The number of aromatic nitrogens is 2. The number of hydrogen-bond acceptors (Lipinski definition) is 7. The van der Waals surface area contributed by atoms with Gasteiger partial charge in [0.05, 0.1) is 10.5 Å². The Bertz CT molecular complexity index is 1730. The van der Waals surface area contributed by atoms with Gasteiger partial charge in [-0.15, -0.1) is 0 Å². The van der Waals surface area contributed by atoms with Crippen LogP contribution in [0.15, 0.2) is 69.5 Å². The molecule has 5 rings (SSSR count). The zero-order valence-electron chi connectivity index (χ0n) is 22.5. The molecule has 2 heterocycles. The van der Waals surface area contributed by atoms with Crippen LogP contribution in [0.1, 0.15) is 66.8 Å². The van der Waals surface area contributed by atoms with Crippen LogP contribution in [-0.4, -0.2) is 29.7 Å². The van der Waals surface area contributed by atoms with Crippen molar-refractivity contribution in [3.63, 3.8) is 0 Å². The smallest absolute Gasteiger partial charge is 0.266 e. The highest BCUT2D eigenvalue weighted by Gasteiger charge is 2.46. The average molecular weight is 547 g/mol. The first-order chi connectivity index (χ1) is 18.2. The van der Waals surface area contributed by atoms with Gasteiger partial charge < -0.3 is 0 Å². The van der Waals surface area contributed by atoms with Gasteiger partial charge in [-0.3, -0.25) is 19.3 Å². The number of ketones is 1. The first-order valence-corrected chi connectivity index (χ1v) is 14.1. The van der Waals surface area contributed by atoms with Crippen LogP contribution in [0.3, 0.4) is 0 Å². The SMILES string of the molecule is CC(=O)n1c(C)nc2c(c1=O)C(c1ccc(C)cc1)C1=C(CC(C)(C)CC1=O)N2c1ccc(S(N)(=O)=O)cc1. The molecule has 202 valence electrons. The minimum atomic E-state index is -3.93. The minimum Gasteiger partial charge on any atom is -0.298 e. The number of rotatable bonds is 3. The van der Waals surface area contributed by atoms with E-state index >= 15 is 0 Å². The van der Waals surface area contributed by atoms with Gasteiger partial charge in [0, 0.05) is 36.2 Å². The first-order valence-electron chi connectivity index (χ1n) is 12.6. The maximum Gasteiger partial charge on any atom is 0.266 e. The third kappa shape index (κ3) is 4.53. The van der Waals surface area contributed by atoms with Gasteiger partial charge in [0.2, 0.25) is 15.9 Å². The Labute approximate surface area is 227 Å². The Kier molecular flexibility index (Phi) is 6.23. The Hall–Kier alpha value is -3.89. The number of sulfonamides is 1. The number of hydrogen-bond donors (Lipinski definition) is 1. The molecule has 2 aromatic carbocycles. The van der Waals surface area contributed by atoms with Crippen molar-refractivity contribution in [3.05, 3.63) is 92.7 Å². The molecule has 2 N–H and O–H groups in total. The molecule has 0 amide bonds. The van der Waals surface area contributed by atoms with E-state index in [1.54, 1.807) is 24.0 Å². The molecule has 10 heteroatoms. The number of primary sulfonamides is 1. The molecule has 0 spiro atoms. The average Bonchev–Trinajstić information content (AvgIpc) is 2.82. The Morgan fingerprint density at radius 2 is 1.62 bits per heavy atom. The second kappa shape index (κ2) is 9.10. The molecule has 1 atom stereocenters. The van der Waals surface area contributed by atoms with Crippen LogP contribution in [0.5, 0.6) is 0 Å². The Balaban J connectivity index is 1.90. The van der Waals surface area contributed by atoms with Crippen LogP contribution < -0.4 is 15.6 Å². The van der Waals surface area contributed by atoms with Crippen molar-refractivity contribution in [1.29, 1.82) is 0 Å². The highest BCUT2D eigenvalue weighted by molar-refractivity contribution is 7.89. The van der Waals surface area contributed by atoms with Gasteiger partial charge in [-0.2, -0.15) is 0 Å². The second-order valence-electron chi connectivity index (χ2n) is 11.1. The van der Waals surface area contributed by atoms with Gasteiger partial charge in [0.15, 0.2) is 5.78 Å². The minimum absolute atomic E-state index is 0.0635. The van der Waals surface area contributed by atoms with Crippen molar-refractivity contribution in [2.24, 2.45) is 10.6 Å². The Morgan fingerprint density at radius 1 is 1.00 bits per heavy atom. The topological polar surface area (TPSA) is 132 Å². The number of carbonyl (C=O) groups excluding carboxylic acids is 2. The summed E-state index contributed by atoms with van der Waals surface area (Å²) in [6.45, 7) is 8.87. The summed E-state index contributed by atoms with van der Waals surface area (Å²) < 4.78 is 24.9. The molecule has 9 nitrogen and oxygen atoms in total. The van der Waals surface area contributed by atoms with E-state index in [0.29, 0.717) is 35.6 Å². The third-order valence-electron chi connectivity index (χ3n) is 7.37. The van der Waals surface area contributed by atoms with Crippen molar-refractivity contribution in [3.8, 4) is 0 Å².